The van der Waals surface area contributed by atoms with E-state index in [-0.39, 0.29) is 11.7 Å². The molecule has 0 amide bonds. The molecule has 0 bridgehead atoms. The third-order valence-corrected chi connectivity index (χ3v) is 5.40. The SMILES string of the molecule is CC1(C)[C@@H]2[C@@H](O[C@H](C#N)c3cccc(Oc4ccccc4)c3)OC[C@@H]21. The number of hydrogen-bond acceptors (Lipinski definition) is 4. The Bertz CT molecular complexity index is 796. The normalized spacial score (nSPS) is 27.2. The van der Waals surface area contributed by atoms with Crippen molar-refractivity contribution >= 4 is 0 Å². The van der Waals surface area contributed by atoms with Gasteiger partial charge in [-0.25, -0.2) is 0 Å². The minimum absolute atomic E-state index is 0.251. The van der Waals surface area contributed by atoms with Gasteiger partial charge >= 0.3 is 0 Å². The second-order valence-corrected chi connectivity index (χ2v) is 7.29. The summed E-state index contributed by atoms with van der Waals surface area (Å²) in [5.41, 5.74) is 1.03. The lowest BCUT2D eigenvalue weighted by Gasteiger charge is -2.21. The second-order valence-electron chi connectivity index (χ2n) is 7.29. The largest absolute Gasteiger partial charge is 0.457 e. The molecule has 1 saturated heterocycles. The maximum absolute atomic E-state index is 9.58. The summed E-state index contributed by atoms with van der Waals surface area (Å²) in [5.74, 6) is 2.37. The summed E-state index contributed by atoms with van der Waals surface area (Å²) in [6.07, 6.45) is -0.970. The van der Waals surface area contributed by atoms with Crippen LogP contribution < -0.4 is 4.74 Å². The molecule has 2 aliphatic rings. The molecule has 0 aromatic heterocycles. The Hall–Kier alpha value is -2.35. The lowest BCUT2D eigenvalue weighted by Crippen LogP contribution is -2.22. The molecular weight excluding hydrogens is 314 g/mol. The first kappa shape index (κ1) is 16.1. The molecule has 1 saturated carbocycles. The summed E-state index contributed by atoms with van der Waals surface area (Å²) in [6, 6.07) is 19.3. The van der Waals surface area contributed by atoms with Gasteiger partial charge in [0.25, 0.3) is 0 Å². The van der Waals surface area contributed by atoms with Crippen LogP contribution in [-0.4, -0.2) is 12.9 Å². The van der Waals surface area contributed by atoms with Gasteiger partial charge in [-0.05, 0) is 41.2 Å². The van der Waals surface area contributed by atoms with Gasteiger partial charge in [-0.3, -0.25) is 0 Å². The van der Waals surface area contributed by atoms with Gasteiger partial charge in [-0.1, -0.05) is 44.2 Å². The van der Waals surface area contributed by atoms with Crippen molar-refractivity contribution in [1.29, 1.82) is 5.26 Å². The number of benzene rings is 2. The van der Waals surface area contributed by atoms with Crippen LogP contribution in [0.25, 0.3) is 0 Å². The van der Waals surface area contributed by atoms with E-state index in [0.29, 0.717) is 17.6 Å². The Kier molecular flexibility index (Phi) is 3.99. The van der Waals surface area contributed by atoms with E-state index < -0.39 is 6.10 Å². The van der Waals surface area contributed by atoms with Gasteiger partial charge in [0.1, 0.15) is 11.5 Å². The summed E-state index contributed by atoms with van der Waals surface area (Å²) in [4.78, 5) is 0. The third kappa shape index (κ3) is 3.02. The zero-order valence-electron chi connectivity index (χ0n) is 14.4. The van der Waals surface area contributed by atoms with E-state index in [9.17, 15) is 5.26 Å². The predicted octanol–water partition coefficient (Wildman–Crippen LogP) is 4.69. The first-order chi connectivity index (χ1) is 12.1. The second kappa shape index (κ2) is 6.18. The van der Waals surface area contributed by atoms with Crippen molar-refractivity contribution in [2.24, 2.45) is 17.3 Å². The van der Waals surface area contributed by atoms with Crippen LogP contribution in [-0.2, 0) is 9.47 Å². The van der Waals surface area contributed by atoms with Crippen molar-refractivity contribution in [3.8, 4) is 17.6 Å². The molecule has 128 valence electrons. The summed E-state index contributed by atoms with van der Waals surface area (Å²) < 4.78 is 17.6. The van der Waals surface area contributed by atoms with E-state index in [0.717, 1.165) is 17.9 Å². The molecule has 25 heavy (non-hydrogen) atoms. The topological polar surface area (TPSA) is 51.5 Å². The van der Waals surface area contributed by atoms with Crippen LogP contribution in [0.3, 0.4) is 0 Å². The predicted molar refractivity (Wildman–Crippen MR) is 92.9 cm³/mol. The van der Waals surface area contributed by atoms with Crippen LogP contribution in [0.1, 0.15) is 25.5 Å². The Labute approximate surface area is 147 Å². The fourth-order valence-electron chi connectivity index (χ4n) is 3.75. The molecule has 4 rings (SSSR count). The molecule has 0 unspecified atom stereocenters. The van der Waals surface area contributed by atoms with Crippen LogP contribution in [0.15, 0.2) is 54.6 Å². The molecule has 4 heteroatoms. The summed E-state index contributed by atoms with van der Waals surface area (Å²) in [5, 5.41) is 9.58. The molecular formula is C21H21NO3. The maximum Gasteiger partial charge on any atom is 0.172 e. The van der Waals surface area contributed by atoms with Crippen molar-refractivity contribution in [1.82, 2.24) is 0 Å². The molecule has 4 atom stereocenters. The highest BCUT2D eigenvalue weighted by Crippen LogP contribution is 2.64. The Morgan fingerprint density at radius 2 is 1.88 bits per heavy atom. The van der Waals surface area contributed by atoms with Crippen molar-refractivity contribution in [2.45, 2.75) is 26.2 Å². The van der Waals surface area contributed by atoms with Gasteiger partial charge in [0.15, 0.2) is 12.4 Å². The lowest BCUT2D eigenvalue weighted by molar-refractivity contribution is -0.158. The van der Waals surface area contributed by atoms with E-state index >= 15 is 0 Å². The third-order valence-electron chi connectivity index (χ3n) is 5.40. The molecule has 1 aliphatic carbocycles. The first-order valence-corrected chi connectivity index (χ1v) is 8.59. The van der Waals surface area contributed by atoms with Crippen molar-refractivity contribution in [3.63, 3.8) is 0 Å². The van der Waals surface area contributed by atoms with Crippen molar-refractivity contribution in [2.75, 3.05) is 6.61 Å². The highest BCUT2D eigenvalue weighted by molar-refractivity contribution is 5.36. The molecule has 0 radical (unpaired) electrons. The van der Waals surface area contributed by atoms with Crippen LogP contribution >= 0.6 is 0 Å². The quantitative estimate of drug-likeness (QED) is 0.795. The number of para-hydroxylation sites is 1. The standard InChI is InChI=1S/C21H21NO3/c1-21(2)17-13-23-20(19(17)21)25-18(12-22)14-7-6-10-16(11-14)24-15-8-4-3-5-9-15/h3-11,17-20H,13H2,1-2H3/t17-,18+,19-,20+/m0/s1. The molecule has 4 nitrogen and oxygen atoms in total. The average Bonchev–Trinajstić information content (AvgIpc) is 2.95. The zero-order chi connectivity index (χ0) is 17.4. The molecule has 2 fully saturated rings. The van der Waals surface area contributed by atoms with Crippen molar-refractivity contribution < 1.29 is 14.2 Å². The number of ether oxygens (including phenoxy) is 3. The van der Waals surface area contributed by atoms with Gasteiger partial charge in [-0.15, -0.1) is 0 Å². The Morgan fingerprint density at radius 1 is 1.12 bits per heavy atom. The van der Waals surface area contributed by atoms with Gasteiger partial charge in [0, 0.05) is 5.92 Å². The van der Waals surface area contributed by atoms with Gasteiger partial charge in [-0.2, -0.15) is 5.26 Å². The minimum atomic E-state index is -0.667. The summed E-state index contributed by atoms with van der Waals surface area (Å²) >= 11 is 0. The molecule has 0 spiro atoms. The van der Waals surface area contributed by atoms with E-state index in [2.05, 4.69) is 19.9 Å². The number of nitriles is 1. The van der Waals surface area contributed by atoms with E-state index in [1.165, 1.54) is 0 Å². The smallest absolute Gasteiger partial charge is 0.172 e. The lowest BCUT2D eigenvalue weighted by atomic mass is 10.1. The van der Waals surface area contributed by atoms with Crippen LogP contribution in [0, 0.1) is 28.6 Å². The molecule has 1 heterocycles. The van der Waals surface area contributed by atoms with Crippen LogP contribution in [0.5, 0.6) is 11.5 Å². The van der Waals surface area contributed by atoms with E-state index in [4.69, 9.17) is 14.2 Å². The van der Waals surface area contributed by atoms with Gasteiger partial charge < -0.3 is 14.2 Å². The minimum Gasteiger partial charge on any atom is -0.457 e. The van der Waals surface area contributed by atoms with Gasteiger partial charge in [0.2, 0.25) is 0 Å². The Balaban J connectivity index is 1.48. The number of hydrogen-bond donors (Lipinski definition) is 0. The highest BCUT2D eigenvalue weighted by Gasteiger charge is 2.66. The van der Waals surface area contributed by atoms with Crippen LogP contribution in [0.4, 0.5) is 0 Å². The van der Waals surface area contributed by atoms with Crippen LogP contribution in [0.2, 0.25) is 0 Å². The maximum atomic E-state index is 9.58. The molecule has 2 aromatic rings. The molecule has 1 aliphatic heterocycles. The number of nitrogens with zero attached hydrogens (tertiary/aromatic N) is 1. The number of rotatable bonds is 5. The zero-order valence-corrected chi connectivity index (χ0v) is 14.4. The van der Waals surface area contributed by atoms with Gasteiger partial charge in [0.05, 0.1) is 12.7 Å². The number of fused-ring (bicyclic) bond motifs is 1. The average molecular weight is 335 g/mol. The van der Waals surface area contributed by atoms with E-state index in [1.807, 2.05) is 54.6 Å². The molecule has 2 aromatic carbocycles. The van der Waals surface area contributed by atoms with E-state index in [1.54, 1.807) is 0 Å². The fourth-order valence-corrected chi connectivity index (χ4v) is 3.75. The van der Waals surface area contributed by atoms with Crippen molar-refractivity contribution in [3.05, 3.63) is 60.2 Å². The fraction of sp³-hybridized carbons (Fsp3) is 0.381. The molecule has 0 N–H and O–H groups in total. The first-order valence-electron chi connectivity index (χ1n) is 8.59. The monoisotopic (exact) mass is 335 g/mol. The highest BCUT2D eigenvalue weighted by atomic mass is 16.7. The summed E-state index contributed by atoms with van der Waals surface area (Å²) in [7, 11) is 0. The summed E-state index contributed by atoms with van der Waals surface area (Å²) in [6.45, 7) is 5.19. The Morgan fingerprint density at radius 3 is 2.56 bits per heavy atom.